The Morgan fingerprint density at radius 1 is 0.800 bits per heavy atom. The lowest BCUT2D eigenvalue weighted by Crippen LogP contribution is -1.89. The highest BCUT2D eigenvalue weighted by Crippen LogP contribution is 2.19. The largest absolute Gasteiger partial charge is 0.356 e. The van der Waals surface area contributed by atoms with Crippen molar-refractivity contribution < 1.29 is 0 Å². The van der Waals surface area contributed by atoms with Crippen molar-refractivity contribution in [2.24, 2.45) is 0 Å². The zero-order chi connectivity index (χ0) is 10.7. The van der Waals surface area contributed by atoms with E-state index >= 15 is 0 Å². The molecule has 0 saturated heterocycles. The molecular weight excluding hydrogens is 250 g/mol. The molecule has 0 radical (unpaired) electrons. The van der Waals surface area contributed by atoms with Gasteiger partial charge in [-0.1, -0.05) is 33.6 Å². The number of nitrogens with one attached hydrogen (secondary N) is 1. The normalized spacial score (nSPS) is 10.0. The molecule has 0 aliphatic carbocycles. The Hall–Kier alpha value is -1.28. The Morgan fingerprint density at radius 2 is 1.27 bits per heavy atom. The summed E-state index contributed by atoms with van der Waals surface area (Å²) in [5.74, 6) is 0. The minimum Gasteiger partial charge on any atom is -0.356 e. The topological polar surface area (TPSA) is 12.0 Å². The van der Waals surface area contributed by atoms with Gasteiger partial charge < -0.3 is 5.32 Å². The Kier molecular flexibility index (Phi) is 3.07. The summed E-state index contributed by atoms with van der Waals surface area (Å²) in [5, 5.41) is 3.34. The van der Waals surface area contributed by atoms with Crippen LogP contribution in [0.4, 0.5) is 11.4 Å². The fraction of sp³-hybridized carbons (Fsp3) is 0.0769. The first-order valence-electron chi connectivity index (χ1n) is 4.83. The van der Waals surface area contributed by atoms with Crippen molar-refractivity contribution in [3.05, 3.63) is 58.6 Å². The number of anilines is 2. The molecule has 2 aromatic rings. The minimum atomic E-state index is 1.09. The van der Waals surface area contributed by atoms with E-state index in [1.165, 1.54) is 5.56 Å². The van der Waals surface area contributed by atoms with E-state index in [1.807, 2.05) is 24.3 Å². The lowest BCUT2D eigenvalue weighted by atomic mass is 10.2. The van der Waals surface area contributed by atoms with E-state index in [0.29, 0.717) is 0 Å². The summed E-state index contributed by atoms with van der Waals surface area (Å²) in [5.41, 5.74) is 3.49. The summed E-state index contributed by atoms with van der Waals surface area (Å²) in [6.07, 6.45) is 0. The van der Waals surface area contributed by atoms with Crippen molar-refractivity contribution in [2.75, 3.05) is 5.32 Å². The minimum absolute atomic E-state index is 1.09. The molecular formula is C13H12BrN. The molecule has 0 aliphatic heterocycles. The van der Waals surface area contributed by atoms with E-state index in [0.717, 1.165) is 15.8 Å². The fourth-order valence-electron chi connectivity index (χ4n) is 1.34. The standard InChI is InChI=1S/C13H12BrN/c1-10-2-6-12(7-3-10)15-13-8-4-11(14)5-9-13/h2-9,15H,1H3. The molecule has 15 heavy (non-hydrogen) atoms. The highest BCUT2D eigenvalue weighted by atomic mass is 79.9. The summed E-state index contributed by atoms with van der Waals surface area (Å²) >= 11 is 3.41. The number of halogens is 1. The SMILES string of the molecule is Cc1ccc(Nc2ccc(Br)cc2)cc1. The monoisotopic (exact) mass is 261 g/mol. The summed E-state index contributed by atoms with van der Waals surface area (Å²) in [6.45, 7) is 2.09. The van der Waals surface area contributed by atoms with Gasteiger partial charge in [-0.25, -0.2) is 0 Å². The average molecular weight is 262 g/mol. The number of rotatable bonds is 2. The van der Waals surface area contributed by atoms with Crippen LogP contribution in [-0.2, 0) is 0 Å². The van der Waals surface area contributed by atoms with Crippen LogP contribution in [-0.4, -0.2) is 0 Å². The number of hydrogen-bond acceptors (Lipinski definition) is 1. The second kappa shape index (κ2) is 4.49. The molecule has 0 amide bonds. The van der Waals surface area contributed by atoms with Crippen LogP contribution in [0.1, 0.15) is 5.56 Å². The van der Waals surface area contributed by atoms with Gasteiger partial charge in [0.05, 0.1) is 0 Å². The Labute approximate surface area is 98.3 Å². The second-order valence-corrected chi connectivity index (χ2v) is 4.41. The molecule has 2 aromatic carbocycles. The van der Waals surface area contributed by atoms with Gasteiger partial charge in [0.25, 0.3) is 0 Å². The van der Waals surface area contributed by atoms with Gasteiger partial charge in [-0.05, 0) is 43.3 Å². The highest BCUT2D eigenvalue weighted by molar-refractivity contribution is 9.10. The van der Waals surface area contributed by atoms with Crippen molar-refractivity contribution >= 4 is 27.3 Å². The maximum absolute atomic E-state index is 3.41. The van der Waals surface area contributed by atoms with Crippen molar-refractivity contribution in [1.29, 1.82) is 0 Å². The zero-order valence-electron chi connectivity index (χ0n) is 8.50. The van der Waals surface area contributed by atoms with Crippen LogP contribution in [0.3, 0.4) is 0 Å². The molecule has 2 heteroatoms. The summed E-state index contributed by atoms with van der Waals surface area (Å²) in [6, 6.07) is 16.5. The first-order valence-corrected chi connectivity index (χ1v) is 5.62. The molecule has 0 unspecified atom stereocenters. The molecule has 0 fully saturated rings. The second-order valence-electron chi connectivity index (χ2n) is 3.50. The lowest BCUT2D eigenvalue weighted by molar-refractivity contribution is 1.45. The van der Waals surface area contributed by atoms with E-state index in [2.05, 4.69) is 52.4 Å². The van der Waals surface area contributed by atoms with Gasteiger partial charge >= 0.3 is 0 Å². The third-order valence-electron chi connectivity index (χ3n) is 2.18. The summed E-state index contributed by atoms with van der Waals surface area (Å²) in [7, 11) is 0. The Bertz CT molecular complexity index is 388. The van der Waals surface area contributed by atoms with Gasteiger partial charge in [0.15, 0.2) is 0 Å². The first kappa shape index (κ1) is 10.2. The first-order chi connectivity index (χ1) is 7.24. The highest BCUT2D eigenvalue weighted by Gasteiger charge is 1.93. The van der Waals surface area contributed by atoms with Crippen molar-refractivity contribution in [3.63, 3.8) is 0 Å². The molecule has 0 aromatic heterocycles. The van der Waals surface area contributed by atoms with Crippen LogP contribution in [0.5, 0.6) is 0 Å². The van der Waals surface area contributed by atoms with Crippen molar-refractivity contribution in [3.8, 4) is 0 Å². The molecule has 0 spiro atoms. The summed E-state index contributed by atoms with van der Waals surface area (Å²) < 4.78 is 1.09. The predicted molar refractivity (Wildman–Crippen MR) is 68.6 cm³/mol. The fourth-order valence-corrected chi connectivity index (χ4v) is 1.60. The molecule has 0 saturated carbocycles. The third kappa shape index (κ3) is 2.83. The van der Waals surface area contributed by atoms with Gasteiger partial charge in [-0.2, -0.15) is 0 Å². The predicted octanol–water partition coefficient (Wildman–Crippen LogP) is 4.50. The van der Waals surface area contributed by atoms with Gasteiger partial charge in [0.2, 0.25) is 0 Å². The van der Waals surface area contributed by atoms with Crippen LogP contribution in [0.2, 0.25) is 0 Å². The van der Waals surface area contributed by atoms with E-state index < -0.39 is 0 Å². The van der Waals surface area contributed by atoms with E-state index in [1.54, 1.807) is 0 Å². The number of aryl methyl sites for hydroxylation is 1. The summed E-state index contributed by atoms with van der Waals surface area (Å²) in [4.78, 5) is 0. The molecule has 76 valence electrons. The smallest absolute Gasteiger partial charge is 0.0384 e. The zero-order valence-corrected chi connectivity index (χ0v) is 10.1. The Morgan fingerprint density at radius 3 is 1.80 bits per heavy atom. The average Bonchev–Trinajstić information content (AvgIpc) is 2.25. The van der Waals surface area contributed by atoms with Crippen LogP contribution < -0.4 is 5.32 Å². The van der Waals surface area contributed by atoms with Crippen LogP contribution in [0, 0.1) is 6.92 Å². The van der Waals surface area contributed by atoms with E-state index in [-0.39, 0.29) is 0 Å². The van der Waals surface area contributed by atoms with E-state index in [9.17, 15) is 0 Å². The van der Waals surface area contributed by atoms with Crippen molar-refractivity contribution in [1.82, 2.24) is 0 Å². The molecule has 0 heterocycles. The quantitative estimate of drug-likeness (QED) is 0.840. The molecule has 0 aliphatic rings. The molecule has 0 atom stereocenters. The Balaban J connectivity index is 2.15. The molecule has 2 rings (SSSR count). The molecule has 1 nitrogen and oxygen atoms in total. The van der Waals surface area contributed by atoms with Crippen LogP contribution in [0.15, 0.2) is 53.0 Å². The van der Waals surface area contributed by atoms with Gasteiger partial charge in [0, 0.05) is 15.8 Å². The van der Waals surface area contributed by atoms with Gasteiger partial charge in [-0.3, -0.25) is 0 Å². The van der Waals surface area contributed by atoms with Crippen LogP contribution >= 0.6 is 15.9 Å². The lowest BCUT2D eigenvalue weighted by Gasteiger charge is -2.06. The number of hydrogen-bond donors (Lipinski definition) is 1. The van der Waals surface area contributed by atoms with E-state index in [4.69, 9.17) is 0 Å². The van der Waals surface area contributed by atoms with Crippen LogP contribution in [0.25, 0.3) is 0 Å². The molecule has 0 bridgehead atoms. The third-order valence-corrected chi connectivity index (χ3v) is 2.71. The molecule has 1 N–H and O–H groups in total. The maximum Gasteiger partial charge on any atom is 0.0384 e. The number of benzene rings is 2. The van der Waals surface area contributed by atoms with Gasteiger partial charge in [-0.15, -0.1) is 0 Å². The van der Waals surface area contributed by atoms with Gasteiger partial charge in [0.1, 0.15) is 0 Å². The maximum atomic E-state index is 3.41. The van der Waals surface area contributed by atoms with Crippen molar-refractivity contribution in [2.45, 2.75) is 6.92 Å².